The normalized spacial score (nSPS) is 21.0. The maximum absolute atomic E-state index is 12.8. The Hall–Kier alpha value is -2.04. The number of guanidine groups is 1. The summed E-state index contributed by atoms with van der Waals surface area (Å²) >= 11 is 0. The Bertz CT molecular complexity index is 694. The van der Waals surface area contributed by atoms with E-state index in [1.165, 1.54) is 36.0 Å². The van der Waals surface area contributed by atoms with Gasteiger partial charge in [-0.1, -0.05) is 43.0 Å². The first-order chi connectivity index (χ1) is 13.6. The van der Waals surface area contributed by atoms with Gasteiger partial charge in [-0.25, -0.2) is 4.99 Å². The number of hydrogen-bond acceptors (Lipinski definition) is 2. The first kappa shape index (κ1) is 20.7. The summed E-state index contributed by atoms with van der Waals surface area (Å²) in [5.41, 5.74) is 3.82. The van der Waals surface area contributed by atoms with E-state index in [1.54, 1.807) is 0 Å². The molecule has 2 fully saturated rings. The van der Waals surface area contributed by atoms with Crippen LogP contribution in [-0.4, -0.2) is 42.4 Å². The van der Waals surface area contributed by atoms with E-state index in [0.717, 1.165) is 44.9 Å². The predicted molar refractivity (Wildman–Crippen MR) is 115 cm³/mol. The number of aliphatic imine (C=N–C) groups is 1. The second-order valence-electron chi connectivity index (χ2n) is 8.37. The summed E-state index contributed by atoms with van der Waals surface area (Å²) in [6.45, 7) is 9.50. The van der Waals surface area contributed by atoms with Crippen molar-refractivity contribution < 1.29 is 4.79 Å². The fraction of sp³-hybridized carbons (Fsp3) is 0.652. The van der Waals surface area contributed by atoms with Crippen molar-refractivity contribution in [1.29, 1.82) is 0 Å². The van der Waals surface area contributed by atoms with Gasteiger partial charge < -0.3 is 15.5 Å². The number of nitrogens with one attached hydrogen (secondary N) is 2. The van der Waals surface area contributed by atoms with Crippen molar-refractivity contribution in [3.8, 4) is 0 Å². The fourth-order valence-electron chi connectivity index (χ4n) is 4.39. The van der Waals surface area contributed by atoms with Crippen LogP contribution in [0, 0.1) is 19.8 Å². The molecule has 1 aliphatic carbocycles. The van der Waals surface area contributed by atoms with Gasteiger partial charge in [-0.3, -0.25) is 4.79 Å². The molecule has 1 heterocycles. The summed E-state index contributed by atoms with van der Waals surface area (Å²) < 4.78 is 0. The summed E-state index contributed by atoms with van der Waals surface area (Å²) in [5, 5.41) is 6.90. The summed E-state index contributed by atoms with van der Waals surface area (Å²) in [5.74, 6) is 1.49. The molecule has 28 heavy (non-hydrogen) atoms. The lowest BCUT2D eigenvalue weighted by molar-refractivity contribution is -0.135. The Morgan fingerprint density at radius 2 is 1.96 bits per heavy atom. The van der Waals surface area contributed by atoms with Gasteiger partial charge in [0.2, 0.25) is 5.91 Å². The summed E-state index contributed by atoms with van der Waals surface area (Å²) in [6.07, 6.45) is 6.85. The van der Waals surface area contributed by atoms with Gasteiger partial charge in [-0.05, 0) is 51.2 Å². The molecule has 1 amide bonds. The van der Waals surface area contributed by atoms with Crippen LogP contribution in [0.2, 0.25) is 0 Å². The molecule has 0 spiro atoms. The fourth-order valence-corrected chi connectivity index (χ4v) is 4.39. The van der Waals surface area contributed by atoms with Crippen molar-refractivity contribution in [1.82, 2.24) is 15.5 Å². The lowest BCUT2D eigenvalue weighted by atomic mass is 9.88. The first-order valence-corrected chi connectivity index (χ1v) is 11.0. The predicted octanol–water partition coefficient (Wildman–Crippen LogP) is 3.54. The molecular weight excluding hydrogens is 348 g/mol. The molecule has 5 nitrogen and oxygen atoms in total. The van der Waals surface area contributed by atoms with E-state index >= 15 is 0 Å². The topological polar surface area (TPSA) is 56.7 Å². The molecule has 1 unspecified atom stereocenters. The number of benzene rings is 1. The van der Waals surface area contributed by atoms with Gasteiger partial charge in [0.15, 0.2) is 5.96 Å². The van der Waals surface area contributed by atoms with Crippen LogP contribution in [-0.2, 0) is 11.3 Å². The standard InChI is InChI=1S/C23H36N4O/c1-4-24-23(25-15-20-11-10-17(2)14-18(20)3)26-21-12-13-27(16-21)22(28)19-8-6-5-7-9-19/h10-11,14,19,21H,4-9,12-13,15-16H2,1-3H3,(H2,24,25,26). The minimum absolute atomic E-state index is 0.263. The molecule has 1 saturated heterocycles. The number of rotatable bonds is 5. The van der Waals surface area contributed by atoms with Gasteiger partial charge in [0.25, 0.3) is 0 Å². The Morgan fingerprint density at radius 1 is 1.18 bits per heavy atom. The van der Waals surface area contributed by atoms with E-state index in [9.17, 15) is 4.79 Å². The van der Waals surface area contributed by atoms with Crippen LogP contribution >= 0.6 is 0 Å². The van der Waals surface area contributed by atoms with Gasteiger partial charge >= 0.3 is 0 Å². The molecule has 154 valence electrons. The summed E-state index contributed by atoms with van der Waals surface area (Å²) in [7, 11) is 0. The van der Waals surface area contributed by atoms with Crippen LogP contribution in [0.5, 0.6) is 0 Å². The van der Waals surface area contributed by atoms with Crippen LogP contribution in [0.3, 0.4) is 0 Å². The van der Waals surface area contributed by atoms with Crippen LogP contribution in [0.25, 0.3) is 0 Å². The third-order valence-electron chi connectivity index (χ3n) is 6.05. The molecule has 1 saturated carbocycles. The van der Waals surface area contributed by atoms with Crippen molar-refractivity contribution in [3.63, 3.8) is 0 Å². The molecule has 2 N–H and O–H groups in total. The van der Waals surface area contributed by atoms with E-state index in [-0.39, 0.29) is 12.0 Å². The maximum Gasteiger partial charge on any atom is 0.225 e. The van der Waals surface area contributed by atoms with Gasteiger partial charge in [0, 0.05) is 31.6 Å². The highest BCUT2D eigenvalue weighted by Crippen LogP contribution is 2.26. The third-order valence-corrected chi connectivity index (χ3v) is 6.05. The molecule has 5 heteroatoms. The lowest BCUT2D eigenvalue weighted by Gasteiger charge is -2.26. The average molecular weight is 385 g/mol. The van der Waals surface area contributed by atoms with Gasteiger partial charge in [-0.2, -0.15) is 0 Å². The van der Waals surface area contributed by atoms with Crippen molar-refractivity contribution in [2.45, 2.75) is 71.9 Å². The van der Waals surface area contributed by atoms with Gasteiger partial charge in [0.1, 0.15) is 0 Å². The van der Waals surface area contributed by atoms with E-state index in [1.807, 2.05) is 0 Å². The van der Waals surface area contributed by atoms with Crippen LogP contribution in [0.4, 0.5) is 0 Å². The highest BCUT2D eigenvalue weighted by atomic mass is 16.2. The molecule has 0 aromatic heterocycles. The molecule has 3 rings (SSSR count). The van der Waals surface area contributed by atoms with Crippen molar-refractivity contribution >= 4 is 11.9 Å². The minimum Gasteiger partial charge on any atom is -0.357 e. The number of aryl methyl sites for hydroxylation is 2. The van der Waals surface area contributed by atoms with Crippen LogP contribution < -0.4 is 10.6 Å². The maximum atomic E-state index is 12.8. The van der Waals surface area contributed by atoms with Crippen LogP contribution in [0.1, 0.15) is 62.1 Å². The monoisotopic (exact) mass is 384 g/mol. The second-order valence-corrected chi connectivity index (χ2v) is 8.37. The van der Waals surface area contributed by atoms with Crippen molar-refractivity contribution in [2.75, 3.05) is 19.6 Å². The molecule has 0 radical (unpaired) electrons. The zero-order valence-electron chi connectivity index (χ0n) is 17.8. The Morgan fingerprint density at radius 3 is 2.68 bits per heavy atom. The number of amides is 1. The molecule has 1 aromatic rings. The number of hydrogen-bond donors (Lipinski definition) is 2. The van der Waals surface area contributed by atoms with Gasteiger partial charge in [-0.15, -0.1) is 0 Å². The molecular formula is C23H36N4O. The minimum atomic E-state index is 0.263. The van der Waals surface area contributed by atoms with Crippen LogP contribution in [0.15, 0.2) is 23.2 Å². The number of carbonyl (C=O) groups is 1. The Kier molecular flexibility index (Phi) is 7.35. The first-order valence-electron chi connectivity index (χ1n) is 11.0. The van der Waals surface area contributed by atoms with Crippen molar-refractivity contribution in [2.24, 2.45) is 10.9 Å². The molecule has 1 aromatic carbocycles. The third kappa shape index (κ3) is 5.49. The molecule has 0 bridgehead atoms. The zero-order valence-corrected chi connectivity index (χ0v) is 17.8. The Balaban J connectivity index is 1.56. The summed E-state index contributed by atoms with van der Waals surface area (Å²) in [6, 6.07) is 6.79. The number of nitrogens with zero attached hydrogens (tertiary/aromatic N) is 2. The number of likely N-dealkylation sites (tertiary alicyclic amines) is 1. The highest BCUT2D eigenvalue weighted by molar-refractivity contribution is 5.81. The second kappa shape index (κ2) is 9.94. The quantitative estimate of drug-likeness (QED) is 0.603. The molecule has 1 aliphatic heterocycles. The average Bonchev–Trinajstić information content (AvgIpc) is 3.16. The van der Waals surface area contributed by atoms with E-state index < -0.39 is 0 Å². The lowest BCUT2D eigenvalue weighted by Crippen LogP contribution is -2.45. The van der Waals surface area contributed by atoms with E-state index in [0.29, 0.717) is 12.5 Å². The smallest absolute Gasteiger partial charge is 0.225 e. The van der Waals surface area contributed by atoms with E-state index in [4.69, 9.17) is 4.99 Å². The summed E-state index contributed by atoms with van der Waals surface area (Å²) in [4.78, 5) is 19.6. The SMILES string of the molecule is CCNC(=NCc1ccc(C)cc1C)NC1CCN(C(=O)C2CCCCC2)C1. The van der Waals surface area contributed by atoms with E-state index in [2.05, 4.69) is 54.5 Å². The zero-order chi connectivity index (χ0) is 19.9. The van der Waals surface area contributed by atoms with Crippen molar-refractivity contribution in [3.05, 3.63) is 34.9 Å². The van der Waals surface area contributed by atoms with Gasteiger partial charge in [0.05, 0.1) is 6.54 Å². The highest BCUT2D eigenvalue weighted by Gasteiger charge is 2.31. The largest absolute Gasteiger partial charge is 0.357 e. The number of carbonyl (C=O) groups excluding carboxylic acids is 1. The molecule has 1 atom stereocenters. The Labute approximate surface area is 170 Å². The molecule has 2 aliphatic rings.